The zero-order chi connectivity index (χ0) is 13.7. The van der Waals surface area contributed by atoms with Crippen LogP contribution in [0, 0.1) is 24.0 Å². The summed E-state index contributed by atoms with van der Waals surface area (Å²) < 4.78 is 27.3. The third kappa shape index (κ3) is 3.54. The lowest BCUT2D eigenvalue weighted by Gasteiger charge is -2.15. The quantitative estimate of drug-likeness (QED) is 0.849. The normalized spacial score (nSPS) is 11.7. The van der Waals surface area contributed by atoms with Gasteiger partial charge in [-0.3, -0.25) is 4.79 Å². The van der Waals surface area contributed by atoms with Gasteiger partial charge in [-0.2, -0.15) is 0 Å². The SMILES string of the molecule is C#CCC(CC)NC(=O)c1c(F)cc(Br)cc1F. The molecule has 0 bridgehead atoms. The minimum Gasteiger partial charge on any atom is -0.348 e. The number of rotatable bonds is 4. The Bertz CT molecular complexity index is 473. The van der Waals surface area contributed by atoms with Crippen molar-refractivity contribution in [1.29, 1.82) is 0 Å². The van der Waals surface area contributed by atoms with E-state index in [0.29, 0.717) is 12.8 Å². The summed E-state index contributed by atoms with van der Waals surface area (Å²) >= 11 is 2.95. The van der Waals surface area contributed by atoms with E-state index in [9.17, 15) is 13.6 Å². The molecule has 0 aromatic heterocycles. The average molecular weight is 316 g/mol. The van der Waals surface area contributed by atoms with Crippen molar-refractivity contribution in [3.8, 4) is 12.3 Å². The number of carbonyl (C=O) groups is 1. The molecule has 1 aromatic rings. The van der Waals surface area contributed by atoms with Crippen LogP contribution < -0.4 is 5.32 Å². The maximum atomic E-state index is 13.5. The van der Waals surface area contributed by atoms with Crippen molar-refractivity contribution in [2.75, 3.05) is 0 Å². The second-order valence-electron chi connectivity index (χ2n) is 3.73. The molecule has 0 saturated heterocycles. The van der Waals surface area contributed by atoms with Gasteiger partial charge in [0, 0.05) is 16.9 Å². The zero-order valence-corrected chi connectivity index (χ0v) is 11.4. The molecule has 0 aliphatic heterocycles. The van der Waals surface area contributed by atoms with Crippen molar-refractivity contribution in [3.05, 3.63) is 33.8 Å². The van der Waals surface area contributed by atoms with Crippen LogP contribution in [0.5, 0.6) is 0 Å². The first-order valence-corrected chi connectivity index (χ1v) is 6.17. The maximum absolute atomic E-state index is 13.5. The number of nitrogens with one attached hydrogen (secondary N) is 1. The highest BCUT2D eigenvalue weighted by molar-refractivity contribution is 9.10. The van der Waals surface area contributed by atoms with E-state index < -0.39 is 23.1 Å². The minimum absolute atomic E-state index is 0.240. The van der Waals surface area contributed by atoms with Crippen molar-refractivity contribution >= 4 is 21.8 Å². The van der Waals surface area contributed by atoms with Crippen LogP contribution in [0.2, 0.25) is 0 Å². The Balaban J connectivity index is 2.95. The number of hydrogen-bond acceptors (Lipinski definition) is 1. The lowest BCUT2D eigenvalue weighted by Crippen LogP contribution is -2.35. The standard InChI is InChI=1S/C13H12BrF2NO/c1-3-5-9(4-2)17-13(18)12-10(15)6-8(14)7-11(12)16/h1,6-7,9H,4-5H2,2H3,(H,17,18). The summed E-state index contributed by atoms with van der Waals surface area (Å²) in [5, 5.41) is 2.51. The fourth-order valence-electron chi connectivity index (χ4n) is 1.46. The molecule has 0 aliphatic rings. The molecule has 0 heterocycles. The fourth-order valence-corrected chi connectivity index (χ4v) is 1.86. The molecule has 1 unspecified atom stereocenters. The molecule has 0 spiro atoms. The molecule has 5 heteroatoms. The molecule has 0 radical (unpaired) electrons. The summed E-state index contributed by atoms with van der Waals surface area (Å²) in [5.41, 5.74) is -0.589. The molecule has 0 saturated carbocycles. The minimum atomic E-state index is -0.907. The van der Waals surface area contributed by atoms with Gasteiger partial charge in [-0.1, -0.05) is 22.9 Å². The summed E-state index contributed by atoms with van der Waals surface area (Å²) in [6.45, 7) is 1.83. The Morgan fingerprint density at radius 3 is 2.50 bits per heavy atom. The van der Waals surface area contributed by atoms with Gasteiger partial charge < -0.3 is 5.32 Å². The molecule has 1 aromatic carbocycles. The molecule has 1 rings (SSSR count). The molecule has 2 nitrogen and oxygen atoms in total. The van der Waals surface area contributed by atoms with Gasteiger partial charge in [-0.25, -0.2) is 8.78 Å². The predicted octanol–water partition coefficient (Wildman–Crippen LogP) is 3.26. The second-order valence-corrected chi connectivity index (χ2v) is 4.65. The number of benzene rings is 1. The predicted molar refractivity (Wildman–Crippen MR) is 69.1 cm³/mol. The highest BCUT2D eigenvalue weighted by Gasteiger charge is 2.20. The van der Waals surface area contributed by atoms with E-state index in [0.717, 1.165) is 12.1 Å². The van der Waals surface area contributed by atoms with Crippen LogP contribution >= 0.6 is 15.9 Å². The van der Waals surface area contributed by atoms with Gasteiger partial charge >= 0.3 is 0 Å². The van der Waals surface area contributed by atoms with Crippen molar-refractivity contribution in [3.63, 3.8) is 0 Å². The van der Waals surface area contributed by atoms with Crippen LogP contribution in [0.1, 0.15) is 30.1 Å². The fraction of sp³-hybridized carbons (Fsp3) is 0.308. The monoisotopic (exact) mass is 315 g/mol. The molecular formula is C13H12BrF2NO. The number of amides is 1. The summed E-state index contributed by atoms with van der Waals surface area (Å²) in [7, 11) is 0. The van der Waals surface area contributed by atoms with Crippen LogP contribution in [0.3, 0.4) is 0 Å². The van der Waals surface area contributed by atoms with Crippen LogP contribution in [-0.2, 0) is 0 Å². The maximum Gasteiger partial charge on any atom is 0.257 e. The molecule has 1 amide bonds. The van der Waals surface area contributed by atoms with E-state index >= 15 is 0 Å². The summed E-state index contributed by atoms with van der Waals surface area (Å²) in [6.07, 6.45) is 6.06. The molecule has 18 heavy (non-hydrogen) atoms. The Morgan fingerprint density at radius 2 is 2.06 bits per heavy atom. The largest absolute Gasteiger partial charge is 0.348 e. The van der Waals surface area contributed by atoms with E-state index in [2.05, 4.69) is 27.2 Å². The van der Waals surface area contributed by atoms with E-state index in [4.69, 9.17) is 6.42 Å². The lowest BCUT2D eigenvalue weighted by atomic mass is 10.1. The lowest BCUT2D eigenvalue weighted by molar-refractivity contribution is 0.0928. The van der Waals surface area contributed by atoms with E-state index in [1.54, 1.807) is 0 Å². The van der Waals surface area contributed by atoms with E-state index in [-0.39, 0.29) is 10.5 Å². The van der Waals surface area contributed by atoms with Crippen molar-refractivity contribution in [2.45, 2.75) is 25.8 Å². The first-order chi connectivity index (χ1) is 8.49. The van der Waals surface area contributed by atoms with E-state index in [1.807, 2.05) is 6.92 Å². The van der Waals surface area contributed by atoms with Gasteiger partial charge in [0.25, 0.3) is 5.91 Å². The molecule has 96 valence electrons. The first kappa shape index (κ1) is 14.7. The number of hydrogen-bond donors (Lipinski definition) is 1. The van der Waals surface area contributed by atoms with E-state index in [1.165, 1.54) is 0 Å². The highest BCUT2D eigenvalue weighted by Crippen LogP contribution is 2.19. The Hall–Kier alpha value is -1.41. The number of terminal acetylenes is 1. The first-order valence-electron chi connectivity index (χ1n) is 5.38. The van der Waals surface area contributed by atoms with Crippen molar-refractivity contribution in [1.82, 2.24) is 5.32 Å². The third-order valence-corrected chi connectivity index (χ3v) is 2.88. The van der Waals surface area contributed by atoms with Gasteiger partial charge in [-0.05, 0) is 18.6 Å². The number of halogens is 3. The summed E-state index contributed by atoms with van der Waals surface area (Å²) in [6, 6.07) is 1.80. The van der Waals surface area contributed by atoms with Gasteiger partial charge in [-0.15, -0.1) is 12.3 Å². The molecule has 1 atom stereocenters. The smallest absolute Gasteiger partial charge is 0.257 e. The Kier molecular flexibility index (Phi) is 5.29. The van der Waals surface area contributed by atoms with Crippen molar-refractivity contribution in [2.24, 2.45) is 0 Å². The summed E-state index contributed by atoms with van der Waals surface area (Å²) in [5.74, 6) is -0.203. The number of carbonyl (C=O) groups excluding carboxylic acids is 1. The Labute approximate surface area is 113 Å². The summed E-state index contributed by atoms with van der Waals surface area (Å²) in [4.78, 5) is 11.8. The van der Waals surface area contributed by atoms with Crippen LogP contribution in [0.4, 0.5) is 8.78 Å². The Morgan fingerprint density at radius 1 is 1.50 bits per heavy atom. The molecule has 1 N–H and O–H groups in total. The van der Waals surface area contributed by atoms with Crippen molar-refractivity contribution < 1.29 is 13.6 Å². The highest BCUT2D eigenvalue weighted by atomic mass is 79.9. The third-order valence-electron chi connectivity index (χ3n) is 2.43. The molecular weight excluding hydrogens is 304 g/mol. The van der Waals surface area contributed by atoms with Crippen LogP contribution in [0.15, 0.2) is 16.6 Å². The van der Waals surface area contributed by atoms with Gasteiger partial charge in [0.05, 0.1) is 0 Å². The topological polar surface area (TPSA) is 29.1 Å². The molecule has 0 aliphatic carbocycles. The van der Waals surface area contributed by atoms with Gasteiger partial charge in [0.2, 0.25) is 0 Å². The van der Waals surface area contributed by atoms with Crippen LogP contribution in [0.25, 0.3) is 0 Å². The average Bonchev–Trinajstić information content (AvgIpc) is 2.26. The van der Waals surface area contributed by atoms with Gasteiger partial charge in [0.15, 0.2) is 0 Å². The second kappa shape index (κ2) is 6.50. The van der Waals surface area contributed by atoms with Crippen LogP contribution in [-0.4, -0.2) is 11.9 Å². The molecule has 0 fully saturated rings. The zero-order valence-electron chi connectivity index (χ0n) is 9.77. The van der Waals surface area contributed by atoms with Gasteiger partial charge in [0.1, 0.15) is 17.2 Å².